The van der Waals surface area contributed by atoms with Gasteiger partial charge in [-0.15, -0.1) is 10.2 Å². The van der Waals surface area contributed by atoms with E-state index in [0.29, 0.717) is 23.4 Å². The fourth-order valence-corrected chi connectivity index (χ4v) is 4.06. The van der Waals surface area contributed by atoms with Crippen LogP contribution in [0, 0.1) is 0 Å². The maximum absolute atomic E-state index is 12.6. The van der Waals surface area contributed by atoms with Gasteiger partial charge in [0.1, 0.15) is 6.54 Å². The van der Waals surface area contributed by atoms with Crippen molar-refractivity contribution in [2.24, 2.45) is 0 Å². The van der Waals surface area contributed by atoms with Crippen molar-refractivity contribution in [1.29, 1.82) is 0 Å². The van der Waals surface area contributed by atoms with E-state index in [2.05, 4.69) is 22.3 Å². The molecule has 1 aromatic carbocycles. The first-order valence-electron chi connectivity index (χ1n) is 10.1. The number of tetrazole rings is 1. The summed E-state index contributed by atoms with van der Waals surface area (Å²) in [5, 5.41) is 12.2. The normalized spacial score (nSPS) is 19.0. The molecule has 1 saturated heterocycles. The number of amides is 3. The van der Waals surface area contributed by atoms with Crippen LogP contribution in [0.3, 0.4) is 0 Å². The Bertz CT molecular complexity index is 905. The van der Waals surface area contributed by atoms with E-state index in [4.69, 9.17) is 0 Å². The monoisotopic (exact) mass is 396 g/mol. The number of hydrogen-bond acceptors (Lipinski definition) is 6. The fraction of sp³-hybridized carbons (Fsp3) is 0.500. The highest BCUT2D eigenvalue weighted by atomic mass is 16.2. The summed E-state index contributed by atoms with van der Waals surface area (Å²) in [4.78, 5) is 41.9. The van der Waals surface area contributed by atoms with Crippen molar-refractivity contribution >= 4 is 17.7 Å². The average Bonchev–Trinajstić information content (AvgIpc) is 3.29. The van der Waals surface area contributed by atoms with E-state index in [1.54, 1.807) is 24.3 Å². The molecule has 0 unspecified atom stereocenters. The summed E-state index contributed by atoms with van der Waals surface area (Å²) in [7, 11) is 0. The largest absolute Gasteiger partial charge is 0.338 e. The molecule has 3 amide bonds. The van der Waals surface area contributed by atoms with E-state index in [9.17, 15) is 14.4 Å². The number of nitrogens with zero attached hydrogens (tertiary/aromatic N) is 6. The molecule has 2 aliphatic heterocycles. The second-order valence-electron chi connectivity index (χ2n) is 7.44. The van der Waals surface area contributed by atoms with Crippen molar-refractivity contribution in [2.45, 2.75) is 51.6 Å². The highest BCUT2D eigenvalue weighted by Crippen LogP contribution is 2.22. The van der Waals surface area contributed by atoms with Crippen LogP contribution < -0.4 is 0 Å². The Morgan fingerprint density at radius 1 is 1.14 bits per heavy atom. The third kappa shape index (κ3) is 3.76. The van der Waals surface area contributed by atoms with Crippen molar-refractivity contribution in [2.75, 3.05) is 13.1 Å². The van der Waals surface area contributed by atoms with Gasteiger partial charge in [-0.2, -0.15) is 4.80 Å². The van der Waals surface area contributed by atoms with Crippen LogP contribution in [0.25, 0.3) is 0 Å². The molecule has 2 aromatic rings. The zero-order valence-electron chi connectivity index (χ0n) is 16.5. The molecular weight excluding hydrogens is 372 g/mol. The maximum atomic E-state index is 12.6. The Kier molecular flexibility index (Phi) is 5.37. The third-order valence-corrected chi connectivity index (χ3v) is 5.63. The molecule has 9 heteroatoms. The molecule has 4 rings (SSSR count). The zero-order valence-corrected chi connectivity index (χ0v) is 16.5. The smallest absolute Gasteiger partial charge is 0.261 e. The van der Waals surface area contributed by atoms with Gasteiger partial charge in [0.15, 0.2) is 5.82 Å². The van der Waals surface area contributed by atoms with Gasteiger partial charge in [-0.05, 0) is 43.0 Å². The molecule has 152 valence electrons. The summed E-state index contributed by atoms with van der Waals surface area (Å²) in [5.74, 6) is -0.200. The molecule has 1 aromatic heterocycles. The number of rotatable bonds is 6. The summed E-state index contributed by atoms with van der Waals surface area (Å²) in [6, 6.07) is 7.07. The number of benzene rings is 1. The highest BCUT2D eigenvalue weighted by Gasteiger charge is 2.35. The molecule has 1 fully saturated rings. The van der Waals surface area contributed by atoms with Crippen LogP contribution in [0.15, 0.2) is 24.3 Å². The molecule has 0 N–H and O–H groups in total. The predicted octanol–water partition coefficient (Wildman–Crippen LogP) is 1.30. The minimum Gasteiger partial charge on any atom is -0.338 e. The van der Waals surface area contributed by atoms with Gasteiger partial charge in [-0.1, -0.05) is 19.1 Å². The van der Waals surface area contributed by atoms with Gasteiger partial charge in [0.05, 0.1) is 11.1 Å². The van der Waals surface area contributed by atoms with Crippen LogP contribution in [0.2, 0.25) is 0 Å². The number of likely N-dealkylation sites (tertiary alicyclic amines) is 1. The van der Waals surface area contributed by atoms with E-state index >= 15 is 0 Å². The van der Waals surface area contributed by atoms with Crippen LogP contribution in [-0.4, -0.2) is 66.9 Å². The maximum Gasteiger partial charge on any atom is 0.261 e. The van der Waals surface area contributed by atoms with Crippen molar-refractivity contribution in [3.8, 4) is 0 Å². The highest BCUT2D eigenvalue weighted by molar-refractivity contribution is 6.21. The summed E-state index contributed by atoms with van der Waals surface area (Å²) < 4.78 is 0. The van der Waals surface area contributed by atoms with Crippen LogP contribution in [-0.2, 0) is 17.8 Å². The zero-order chi connectivity index (χ0) is 20.4. The van der Waals surface area contributed by atoms with Crippen molar-refractivity contribution in [3.63, 3.8) is 0 Å². The Morgan fingerprint density at radius 2 is 1.86 bits per heavy atom. The van der Waals surface area contributed by atoms with Crippen LogP contribution in [0.1, 0.15) is 59.1 Å². The van der Waals surface area contributed by atoms with E-state index in [1.165, 1.54) is 9.70 Å². The molecule has 0 radical (unpaired) electrons. The van der Waals surface area contributed by atoms with E-state index in [-0.39, 0.29) is 36.9 Å². The first kappa shape index (κ1) is 19.2. The van der Waals surface area contributed by atoms with E-state index < -0.39 is 0 Å². The number of imide groups is 1. The fourth-order valence-electron chi connectivity index (χ4n) is 4.06. The molecule has 2 aliphatic rings. The molecule has 3 heterocycles. The number of piperidine rings is 1. The Morgan fingerprint density at radius 3 is 2.55 bits per heavy atom. The van der Waals surface area contributed by atoms with Crippen molar-refractivity contribution < 1.29 is 14.4 Å². The van der Waals surface area contributed by atoms with Gasteiger partial charge in [-0.25, -0.2) is 0 Å². The second-order valence-corrected chi connectivity index (χ2v) is 7.44. The number of carbonyl (C=O) groups excluding carboxylic acids is 3. The Labute approximate surface area is 168 Å². The van der Waals surface area contributed by atoms with Gasteiger partial charge >= 0.3 is 0 Å². The summed E-state index contributed by atoms with van der Waals surface area (Å²) in [6.45, 7) is 3.10. The first-order chi connectivity index (χ1) is 14.1. The Hall–Kier alpha value is -3.10. The third-order valence-electron chi connectivity index (χ3n) is 5.63. The summed E-state index contributed by atoms with van der Waals surface area (Å²) in [5.41, 5.74) is 0.846. The van der Waals surface area contributed by atoms with E-state index in [1.807, 2.05) is 4.90 Å². The molecule has 1 atom stereocenters. The molecule has 0 bridgehead atoms. The van der Waals surface area contributed by atoms with Gasteiger partial charge in [0, 0.05) is 25.6 Å². The molecule has 0 spiro atoms. The van der Waals surface area contributed by atoms with Gasteiger partial charge < -0.3 is 4.90 Å². The quantitative estimate of drug-likeness (QED) is 0.682. The summed E-state index contributed by atoms with van der Waals surface area (Å²) in [6.07, 6.45) is 4.46. The number of fused-ring (bicyclic) bond motifs is 1. The van der Waals surface area contributed by atoms with Crippen molar-refractivity contribution in [3.05, 3.63) is 41.2 Å². The van der Waals surface area contributed by atoms with Gasteiger partial charge in [-0.3, -0.25) is 19.3 Å². The number of hydrogen-bond donors (Lipinski definition) is 0. The lowest BCUT2D eigenvalue weighted by Gasteiger charge is -2.35. The lowest BCUT2D eigenvalue weighted by molar-refractivity contribution is -0.136. The number of aromatic nitrogens is 4. The SMILES string of the molecule is CC[C@H]1CCCCN1C(=O)Cn1nnc(CCN2C(=O)c3ccccc3C2=O)n1. The van der Waals surface area contributed by atoms with Crippen LogP contribution in [0.5, 0.6) is 0 Å². The molecule has 29 heavy (non-hydrogen) atoms. The van der Waals surface area contributed by atoms with Crippen molar-refractivity contribution in [1.82, 2.24) is 30.0 Å². The van der Waals surface area contributed by atoms with Crippen LogP contribution in [0.4, 0.5) is 0 Å². The van der Waals surface area contributed by atoms with Crippen LogP contribution >= 0.6 is 0 Å². The van der Waals surface area contributed by atoms with E-state index in [0.717, 1.165) is 32.2 Å². The standard InChI is InChI=1S/C20H24N6O3/c1-2-14-7-5-6-11-24(14)18(27)13-26-22-17(21-23-26)10-12-25-19(28)15-8-3-4-9-16(15)20(25)29/h3-4,8-9,14H,2,5-7,10-13H2,1H3/t14-/m0/s1. The minimum atomic E-state index is -0.302. The first-order valence-corrected chi connectivity index (χ1v) is 10.1. The Balaban J connectivity index is 1.35. The average molecular weight is 396 g/mol. The summed E-state index contributed by atoms with van der Waals surface area (Å²) >= 11 is 0. The molecule has 9 nitrogen and oxygen atoms in total. The van der Waals surface area contributed by atoms with Gasteiger partial charge in [0.25, 0.3) is 11.8 Å². The lowest BCUT2D eigenvalue weighted by Crippen LogP contribution is -2.45. The predicted molar refractivity (Wildman–Crippen MR) is 103 cm³/mol. The molecule has 0 saturated carbocycles. The molecule has 0 aliphatic carbocycles. The van der Waals surface area contributed by atoms with Gasteiger partial charge in [0.2, 0.25) is 5.91 Å². The molecular formula is C20H24N6O3. The second kappa shape index (κ2) is 8.10. The minimum absolute atomic E-state index is 0.000785. The lowest BCUT2D eigenvalue weighted by atomic mass is 10.00. The topological polar surface area (TPSA) is 101 Å². The number of carbonyl (C=O) groups is 3.